The second-order valence-electron chi connectivity index (χ2n) is 5.74. The zero-order chi connectivity index (χ0) is 17.0. The van der Waals surface area contributed by atoms with E-state index < -0.39 is 12.0 Å². The van der Waals surface area contributed by atoms with E-state index in [2.05, 4.69) is 10.2 Å². The molecule has 1 amide bonds. The molecule has 0 saturated carbocycles. The van der Waals surface area contributed by atoms with Gasteiger partial charge in [-0.25, -0.2) is 4.39 Å². The molecule has 7 heteroatoms. The van der Waals surface area contributed by atoms with Crippen LogP contribution in [0.15, 0.2) is 24.3 Å². The van der Waals surface area contributed by atoms with E-state index in [0.717, 1.165) is 18.8 Å². The fraction of sp³-hybridized carbons (Fsp3) is 0.500. The first-order valence-electron chi connectivity index (χ1n) is 7.66. The topological polar surface area (TPSA) is 72.9 Å². The summed E-state index contributed by atoms with van der Waals surface area (Å²) in [5, 5.41) is 11.3. The quantitative estimate of drug-likeness (QED) is 0.843. The Bertz CT molecular complexity index is 556. The maximum absolute atomic E-state index is 13.0. The number of carbonyl (C=O) groups excluding carboxylic acids is 1. The van der Waals surface area contributed by atoms with E-state index >= 15 is 0 Å². The molecule has 23 heavy (non-hydrogen) atoms. The number of benzene rings is 1. The van der Waals surface area contributed by atoms with Gasteiger partial charge in [-0.05, 0) is 38.1 Å². The molecule has 6 nitrogen and oxygen atoms in total. The molecule has 1 heterocycles. The SMILES string of the molecule is CC(C(=O)N[C@H](C)C(=O)O)N1CCN(c2ccc(F)cc2)CC1. The Morgan fingerprint density at radius 1 is 1.13 bits per heavy atom. The lowest BCUT2D eigenvalue weighted by Crippen LogP contribution is -2.55. The second kappa shape index (κ2) is 7.41. The second-order valence-corrected chi connectivity index (χ2v) is 5.74. The highest BCUT2D eigenvalue weighted by Gasteiger charge is 2.27. The van der Waals surface area contributed by atoms with E-state index in [0.29, 0.717) is 13.1 Å². The number of hydrogen-bond acceptors (Lipinski definition) is 4. The number of amides is 1. The van der Waals surface area contributed by atoms with Crippen molar-refractivity contribution in [3.8, 4) is 0 Å². The average molecular weight is 323 g/mol. The first kappa shape index (κ1) is 17.2. The molecule has 1 aliphatic rings. The zero-order valence-corrected chi connectivity index (χ0v) is 13.3. The molecule has 2 rings (SSSR count). The van der Waals surface area contributed by atoms with E-state index in [1.807, 2.05) is 4.90 Å². The summed E-state index contributed by atoms with van der Waals surface area (Å²) in [6.45, 7) is 6.06. The van der Waals surface area contributed by atoms with Gasteiger partial charge in [-0.2, -0.15) is 0 Å². The van der Waals surface area contributed by atoms with Crippen LogP contribution in [0.4, 0.5) is 10.1 Å². The minimum atomic E-state index is -1.05. The number of carboxylic acid groups (broad SMARTS) is 1. The van der Waals surface area contributed by atoms with Gasteiger partial charge in [0.15, 0.2) is 0 Å². The van der Waals surface area contributed by atoms with Crippen molar-refractivity contribution in [3.05, 3.63) is 30.1 Å². The van der Waals surface area contributed by atoms with Gasteiger partial charge in [-0.15, -0.1) is 0 Å². The molecular formula is C16H22FN3O3. The largest absolute Gasteiger partial charge is 0.480 e. The van der Waals surface area contributed by atoms with Crippen molar-refractivity contribution in [2.75, 3.05) is 31.1 Å². The summed E-state index contributed by atoms with van der Waals surface area (Å²) in [7, 11) is 0. The van der Waals surface area contributed by atoms with Crippen molar-refractivity contribution >= 4 is 17.6 Å². The van der Waals surface area contributed by atoms with E-state index in [9.17, 15) is 14.0 Å². The third-order valence-corrected chi connectivity index (χ3v) is 4.16. The third kappa shape index (κ3) is 4.41. The van der Waals surface area contributed by atoms with E-state index in [4.69, 9.17) is 5.11 Å². The molecule has 1 saturated heterocycles. The third-order valence-electron chi connectivity index (χ3n) is 4.16. The smallest absolute Gasteiger partial charge is 0.325 e. The number of halogens is 1. The fourth-order valence-electron chi connectivity index (χ4n) is 2.58. The first-order valence-corrected chi connectivity index (χ1v) is 7.66. The molecule has 1 aromatic carbocycles. The lowest BCUT2D eigenvalue weighted by atomic mass is 10.2. The lowest BCUT2D eigenvalue weighted by molar-refractivity contribution is -0.142. The van der Waals surface area contributed by atoms with Crippen LogP contribution < -0.4 is 10.2 Å². The molecule has 126 valence electrons. The van der Waals surface area contributed by atoms with E-state index in [1.54, 1.807) is 19.1 Å². The monoisotopic (exact) mass is 323 g/mol. The number of hydrogen-bond donors (Lipinski definition) is 2. The van der Waals surface area contributed by atoms with Gasteiger partial charge in [0.2, 0.25) is 5.91 Å². The Morgan fingerprint density at radius 2 is 1.70 bits per heavy atom. The van der Waals surface area contributed by atoms with Gasteiger partial charge in [-0.1, -0.05) is 0 Å². The molecule has 0 spiro atoms. The Hall–Kier alpha value is -2.15. The van der Waals surface area contributed by atoms with Crippen LogP contribution in [0.25, 0.3) is 0 Å². The van der Waals surface area contributed by atoms with Crippen LogP contribution in [-0.2, 0) is 9.59 Å². The van der Waals surface area contributed by atoms with Crippen molar-refractivity contribution in [1.29, 1.82) is 0 Å². The van der Waals surface area contributed by atoms with Crippen LogP contribution in [0.1, 0.15) is 13.8 Å². The molecule has 0 aromatic heterocycles. The van der Waals surface area contributed by atoms with Crippen LogP contribution in [-0.4, -0.2) is 60.1 Å². The van der Waals surface area contributed by atoms with Crippen molar-refractivity contribution < 1.29 is 19.1 Å². The van der Waals surface area contributed by atoms with Crippen molar-refractivity contribution in [2.24, 2.45) is 0 Å². The van der Waals surface area contributed by atoms with Crippen LogP contribution in [0, 0.1) is 5.82 Å². The van der Waals surface area contributed by atoms with Crippen LogP contribution in [0.2, 0.25) is 0 Å². The zero-order valence-electron chi connectivity index (χ0n) is 13.3. The number of rotatable bonds is 5. The molecule has 1 aromatic rings. The van der Waals surface area contributed by atoms with Crippen LogP contribution >= 0.6 is 0 Å². The molecule has 0 radical (unpaired) electrons. The fourth-order valence-corrected chi connectivity index (χ4v) is 2.58. The van der Waals surface area contributed by atoms with E-state index in [1.165, 1.54) is 19.1 Å². The molecule has 0 bridgehead atoms. The van der Waals surface area contributed by atoms with E-state index in [-0.39, 0.29) is 17.8 Å². The van der Waals surface area contributed by atoms with Gasteiger partial charge in [-0.3, -0.25) is 14.5 Å². The summed E-state index contributed by atoms with van der Waals surface area (Å²) in [5.41, 5.74) is 0.961. The number of carbonyl (C=O) groups is 2. The molecular weight excluding hydrogens is 301 g/mol. The molecule has 1 aliphatic heterocycles. The molecule has 1 unspecified atom stereocenters. The number of nitrogens with zero attached hydrogens (tertiary/aromatic N) is 2. The number of anilines is 1. The molecule has 2 N–H and O–H groups in total. The normalized spacial score (nSPS) is 18.3. The van der Waals surface area contributed by atoms with Gasteiger partial charge < -0.3 is 15.3 Å². The Kier molecular flexibility index (Phi) is 5.54. The Balaban J connectivity index is 1.87. The maximum atomic E-state index is 13.0. The number of nitrogens with one attached hydrogen (secondary N) is 1. The van der Waals surface area contributed by atoms with Crippen LogP contribution in [0.3, 0.4) is 0 Å². The van der Waals surface area contributed by atoms with Gasteiger partial charge in [0.25, 0.3) is 0 Å². The summed E-state index contributed by atoms with van der Waals surface area (Å²) in [5.74, 6) is -1.59. The minimum Gasteiger partial charge on any atom is -0.480 e. The number of carboxylic acids is 1. The number of aliphatic carboxylic acids is 1. The highest BCUT2D eigenvalue weighted by Crippen LogP contribution is 2.17. The number of piperazine rings is 1. The van der Waals surface area contributed by atoms with Crippen molar-refractivity contribution in [3.63, 3.8) is 0 Å². The summed E-state index contributed by atoms with van der Waals surface area (Å²) >= 11 is 0. The molecule has 1 fully saturated rings. The highest BCUT2D eigenvalue weighted by molar-refractivity contribution is 5.86. The Morgan fingerprint density at radius 3 is 2.22 bits per heavy atom. The van der Waals surface area contributed by atoms with Gasteiger partial charge in [0, 0.05) is 31.9 Å². The summed E-state index contributed by atoms with van der Waals surface area (Å²) < 4.78 is 13.0. The van der Waals surface area contributed by atoms with Gasteiger partial charge >= 0.3 is 5.97 Å². The average Bonchev–Trinajstić information content (AvgIpc) is 2.55. The summed E-state index contributed by atoms with van der Waals surface area (Å²) in [4.78, 5) is 27.0. The predicted octanol–water partition coefficient (Wildman–Crippen LogP) is 0.925. The maximum Gasteiger partial charge on any atom is 0.325 e. The lowest BCUT2D eigenvalue weighted by Gasteiger charge is -2.38. The van der Waals surface area contributed by atoms with Crippen molar-refractivity contribution in [2.45, 2.75) is 25.9 Å². The van der Waals surface area contributed by atoms with Crippen LogP contribution in [0.5, 0.6) is 0 Å². The standard InChI is InChI=1S/C16H22FN3O3/c1-11(16(22)23)18-15(21)12(2)19-7-9-20(10-8-19)14-5-3-13(17)4-6-14/h3-6,11-12H,7-10H2,1-2H3,(H,18,21)(H,22,23)/t11-,12?/m1/s1. The minimum absolute atomic E-state index is 0.259. The molecule has 0 aliphatic carbocycles. The molecule has 2 atom stereocenters. The first-order chi connectivity index (χ1) is 10.9. The van der Waals surface area contributed by atoms with Gasteiger partial charge in [0.05, 0.1) is 6.04 Å². The predicted molar refractivity (Wildman–Crippen MR) is 84.9 cm³/mol. The van der Waals surface area contributed by atoms with Crippen molar-refractivity contribution in [1.82, 2.24) is 10.2 Å². The Labute approximate surface area is 134 Å². The highest BCUT2D eigenvalue weighted by atomic mass is 19.1. The summed E-state index contributed by atoms with van der Waals surface area (Å²) in [6, 6.07) is 5.08. The summed E-state index contributed by atoms with van der Waals surface area (Å²) in [6.07, 6.45) is 0. The van der Waals surface area contributed by atoms with Gasteiger partial charge in [0.1, 0.15) is 11.9 Å².